The second kappa shape index (κ2) is 11.6. The molecule has 6 nitrogen and oxygen atoms in total. The summed E-state index contributed by atoms with van der Waals surface area (Å²) in [6, 6.07) is 20.8. The molecular weight excluding hydrogens is 481 g/mol. The van der Waals surface area contributed by atoms with Crippen molar-refractivity contribution in [3.8, 4) is 5.75 Å². The Kier molecular flexibility index (Phi) is 8.86. The zero-order valence-corrected chi connectivity index (χ0v) is 20.9. The van der Waals surface area contributed by atoms with E-state index in [4.69, 9.17) is 27.9 Å². The zero-order chi connectivity index (χ0) is 23.8. The van der Waals surface area contributed by atoms with E-state index in [0.29, 0.717) is 46.9 Å². The van der Waals surface area contributed by atoms with Gasteiger partial charge >= 0.3 is 0 Å². The van der Waals surface area contributed by atoms with Crippen molar-refractivity contribution in [1.82, 2.24) is 4.90 Å². The highest BCUT2D eigenvalue weighted by Gasteiger charge is 2.27. The molecule has 0 spiro atoms. The van der Waals surface area contributed by atoms with Gasteiger partial charge in [0.2, 0.25) is 0 Å². The largest absolute Gasteiger partial charge is 0.492 e. The van der Waals surface area contributed by atoms with Crippen LogP contribution in [0.25, 0.3) is 0 Å². The average Bonchev–Trinajstić information content (AvgIpc) is 2.78. The molecule has 0 aliphatic carbocycles. The van der Waals surface area contributed by atoms with Crippen LogP contribution < -0.4 is 14.4 Å². The standard InChI is InChI=1S/C24H27Cl2N3O3S/c1-28(2)15-16-29(33(30,31)22-7-5-6-20(26)18-22)24-9-4-3-8-23(24)27-14-17-32-21-12-10-19(25)11-13-21/h3-13,18,27H,14-17H2,1-2H3. The normalized spacial score (nSPS) is 11.4. The van der Waals surface area contributed by atoms with Crippen LogP contribution >= 0.6 is 23.2 Å². The number of benzene rings is 3. The number of rotatable bonds is 11. The first-order valence-corrected chi connectivity index (χ1v) is 12.6. The minimum Gasteiger partial charge on any atom is -0.492 e. The Hall–Kier alpha value is -2.45. The monoisotopic (exact) mass is 507 g/mol. The Morgan fingerprint density at radius 3 is 2.30 bits per heavy atom. The maximum atomic E-state index is 13.6. The lowest BCUT2D eigenvalue weighted by Gasteiger charge is -2.28. The van der Waals surface area contributed by atoms with Crippen molar-refractivity contribution in [2.45, 2.75) is 4.90 Å². The summed E-state index contributed by atoms with van der Waals surface area (Å²) in [5.74, 6) is 0.714. The van der Waals surface area contributed by atoms with Crippen LogP contribution in [0.5, 0.6) is 5.75 Å². The van der Waals surface area contributed by atoms with Gasteiger partial charge in [-0.3, -0.25) is 4.31 Å². The van der Waals surface area contributed by atoms with Crippen molar-refractivity contribution in [2.75, 3.05) is 50.0 Å². The molecule has 0 saturated carbocycles. The number of nitrogens with zero attached hydrogens (tertiary/aromatic N) is 2. The lowest BCUT2D eigenvalue weighted by Crippen LogP contribution is -2.37. The molecule has 1 N–H and O–H groups in total. The molecule has 0 aliphatic rings. The number of para-hydroxylation sites is 2. The molecule has 0 atom stereocenters. The smallest absolute Gasteiger partial charge is 0.264 e. The molecule has 0 heterocycles. The number of nitrogens with one attached hydrogen (secondary N) is 1. The summed E-state index contributed by atoms with van der Waals surface area (Å²) in [6.07, 6.45) is 0. The predicted molar refractivity (Wildman–Crippen MR) is 136 cm³/mol. The first-order chi connectivity index (χ1) is 15.8. The Morgan fingerprint density at radius 1 is 0.879 bits per heavy atom. The molecule has 9 heteroatoms. The Bertz CT molecular complexity index is 1160. The van der Waals surface area contributed by atoms with Gasteiger partial charge in [0.05, 0.1) is 16.3 Å². The fourth-order valence-electron chi connectivity index (χ4n) is 3.14. The lowest BCUT2D eigenvalue weighted by molar-refractivity contribution is 0.333. The van der Waals surface area contributed by atoms with E-state index in [1.54, 1.807) is 48.5 Å². The van der Waals surface area contributed by atoms with Crippen molar-refractivity contribution in [3.05, 3.63) is 82.8 Å². The maximum Gasteiger partial charge on any atom is 0.264 e. The third-order valence-electron chi connectivity index (χ3n) is 4.81. The van der Waals surface area contributed by atoms with Crippen LogP contribution in [0.15, 0.2) is 77.7 Å². The van der Waals surface area contributed by atoms with Gasteiger partial charge < -0.3 is 15.0 Å². The van der Waals surface area contributed by atoms with E-state index in [-0.39, 0.29) is 11.4 Å². The van der Waals surface area contributed by atoms with Crippen LogP contribution in [0.3, 0.4) is 0 Å². The van der Waals surface area contributed by atoms with Crippen molar-refractivity contribution in [2.24, 2.45) is 0 Å². The molecule has 3 aromatic carbocycles. The minimum absolute atomic E-state index is 0.148. The summed E-state index contributed by atoms with van der Waals surface area (Å²) in [4.78, 5) is 2.09. The van der Waals surface area contributed by atoms with E-state index in [1.807, 2.05) is 37.2 Å². The molecule has 0 aliphatic heterocycles. The SMILES string of the molecule is CN(C)CCN(c1ccccc1NCCOc1ccc(Cl)cc1)S(=O)(=O)c1cccc(Cl)c1. The van der Waals surface area contributed by atoms with E-state index in [2.05, 4.69) is 5.32 Å². The second-order valence-electron chi connectivity index (χ2n) is 7.58. The van der Waals surface area contributed by atoms with Gasteiger partial charge in [-0.05, 0) is 68.7 Å². The fraction of sp³-hybridized carbons (Fsp3) is 0.250. The fourth-order valence-corrected chi connectivity index (χ4v) is 5.04. The molecule has 176 valence electrons. The van der Waals surface area contributed by atoms with Gasteiger partial charge in [0.25, 0.3) is 10.0 Å². The van der Waals surface area contributed by atoms with Gasteiger partial charge in [0, 0.05) is 29.7 Å². The van der Waals surface area contributed by atoms with Crippen LogP contribution in [0.4, 0.5) is 11.4 Å². The van der Waals surface area contributed by atoms with E-state index < -0.39 is 10.0 Å². The van der Waals surface area contributed by atoms with Crippen molar-refractivity contribution in [3.63, 3.8) is 0 Å². The molecule has 0 radical (unpaired) electrons. The van der Waals surface area contributed by atoms with Crippen molar-refractivity contribution in [1.29, 1.82) is 0 Å². The molecule has 0 unspecified atom stereocenters. The summed E-state index contributed by atoms with van der Waals surface area (Å²) in [5.41, 5.74) is 1.26. The molecule has 0 fully saturated rings. The summed E-state index contributed by atoms with van der Waals surface area (Å²) in [5, 5.41) is 4.32. The Balaban J connectivity index is 1.81. The third-order valence-corrected chi connectivity index (χ3v) is 7.10. The first kappa shape index (κ1) is 25.2. The quantitative estimate of drug-likeness (QED) is 0.359. The summed E-state index contributed by atoms with van der Waals surface area (Å²) in [7, 11) is -0.0236. The summed E-state index contributed by atoms with van der Waals surface area (Å²) < 4.78 is 34.3. The highest BCUT2D eigenvalue weighted by molar-refractivity contribution is 7.92. The van der Waals surface area contributed by atoms with E-state index in [9.17, 15) is 8.42 Å². The van der Waals surface area contributed by atoms with Gasteiger partial charge in [-0.2, -0.15) is 0 Å². The number of hydrogen-bond donors (Lipinski definition) is 1. The molecule has 0 aromatic heterocycles. The molecule has 0 bridgehead atoms. The zero-order valence-electron chi connectivity index (χ0n) is 18.5. The number of sulfonamides is 1. The Labute approximate surface area is 205 Å². The topological polar surface area (TPSA) is 61.9 Å². The van der Waals surface area contributed by atoms with Crippen LogP contribution in [-0.2, 0) is 10.0 Å². The Morgan fingerprint density at radius 2 is 1.61 bits per heavy atom. The predicted octanol–water partition coefficient (Wildman–Crippen LogP) is 5.24. The highest BCUT2D eigenvalue weighted by atomic mass is 35.5. The maximum absolute atomic E-state index is 13.6. The van der Waals surface area contributed by atoms with Crippen molar-refractivity contribution < 1.29 is 13.2 Å². The molecular formula is C24H27Cl2N3O3S. The number of likely N-dealkylation sites (N-methyl/N-ethyl adjacent to an activating group) is 1. The molecule has 33 heavy (non-hydrogen) atoms. The number of anilines is 2. The minimum atomic E-state index is -3.83. The molecule has 0 amide bonds. The summed E-state index contributed by atoms with van der Waals surface area (Å²) in [6.45, 7) is 1.71. The van der Waals surface area contributed by atoms with Crippen LogP contribution in [0.1, 0.15) is 0 Å². The first-order valence-electron chi connectivity index (χ1n) is 10.4. The van der Waals surface area contributed by atoms with Gasteiger partial charge in [0.15, 0.2) is 0 Å². The average molecular weight is 508 g/mol. The highest BCUT2D eigenvalue weighted by Crippen LogP contribution is 2.31. The molecule has 0 saturated heterocycles. The number of ether oxygens (including phenoxy) is 1. The van der Waals surface area contributed by atoms with Gasteiger partial charge in [-0.25, -0.2) is 8.42 Å². The molecule has 3 rings (SSSR count). The van der Waals surface area contributed by atoms with Gasteiger partial charge in [-0.1, -0.05) is 41.4 Å². The number of hydrogen-bond acceptors (Lipinski definition) is 5. The number of halogens is 2. The lowest BCUT2D eigenvalue weighted by atomic mass is 10.2. The van der Waals surface area contributed by atoms with E-state index in [1.165, 1.54) is 10.4 Å². The van der Waals surface area contributed by atoms with E-state index >= 15 is 0 Å². The van der Waals surface area contributed by atoms with Crippen LogP contribution in [0, 0.1) is 0 Å². The van der Waals surface area contributed by atoms with Gasteiger partial charge in [-0.15, -0.1) is 0 Å². The second-order valence-corrected chi connectivity index (χ2v) is 10.3. The molecule has 3 aromatic rings. The third kappa shape index (κ3) is 7.01. The van der Waals surface area contributed by atoms with Crippen molar-refractivity contribution >= 4 is 44.6 Å². The van der Waals surface area contributed by atoms with Crippen LogP contribution in [-0.4, -0.2) is 53.7 Å². The van der Waals surface area contributed by atoms with E-state index in [0.717, 1.165) is 0 Å². The summed E-state index contributed by atoms with van der Waals surface area (Å²) >= 11 is 12.0. The van der Waals surface area contributed by atoms with Gasteiger partial charge in [0.1, 0.15) is 12.4 Å². The van der Waals surface area contributed by atoms with Crippen LogP contribution in [0.2, 0.25) is 10.0 Å².